The molecule has 0 atom stereocenters. The third-order valence-corrected chi connectivity index (χ3v) is 6.61. The molecule has 2 saturated heterocycles. The van der Waals surface area contributed by atoms with Crippen molar-refractivity contribution in [3.05, 3.63) is 29.0 Å². The molecule has 0 unspecified atom stereocenters. The lowest BCUT2D eigenvalue weighted by molar-refractivity contribution is 0.0602. The number of carbonyl (C=O) groups is 1. The van der Waals surface area contributed by atoms with Crippen LogP contribution in [0.4, 0.5) is 5.69 Å². The second-order valence-electron chi connectivity index (χ2n) is 8.48. The molecule has 0 spiro atoms. The van der Waals surface area contributed by atoms with Gasteiger partial charge in [0.25, 0.3) is 0 Å². The number of fused-ring (bicyclic) bond motifs is 1. The number of esters is 1. The van der Waals surface area contributed by atoms with Gasteiger partial charge in [0.1, 0.15) is 11.3 Å². The van der Waals surface area contributed by atoms with E-state index in [4.69, 9.17) is 13.9 Å². The zero-order valence-corrected chi connectivity index (χ0v) is 18.5. The molecule has 0 N–H and O–H groups in total. The van der Waals surface area contributed by atoms with Gasteiger partial charge in [-0.25, -0.2) is 4.79 Å². The Morgan fingerprint density at radius 2 is 1.93 bits per heavy atom. The molecule has 0 saturated carbocycles. The monoisotopic (exact) mass is 414 g/mol. The average molecular weight is 415 g/mol. The van der Waals surface area contributed by atoms with Gasteiger partial charge in [0, 0.05) is 42.9 Å². The van der Waals surface area contributed by atoms with Crippen molar-refractivity contribution in [1.82, 2.24) is 4.90 Å². The first kappa shape index (κ1) is 21.2. The van der Waals surface area contributed by atoms with Crippen molar-refractivity contribution in [1.29, 1.82) is 0 Å². The molecule has 0 aliphatic carbocycles. The average Bonchev–Trinajstić information content (AvgIpc) is 3.17. The third kappa shape index (κ3) is 4.21. The lowest BCUT2D eigenvalue weighted by atomic mass is 9.98. The Morgan fingerprint density at radius 3 is 2.60 bits per heavy atom. The smallest absolute Gasteiger partial charge is 0.338 e. The minimum absolute atomic E-state index is 0.298. The first-order valence-electron chi connectivity index (χ1n) is 11.3. The maximum Gasteiger partial charge on any atom is 0.338 e. The number of benzene rings is 1. The Kier molecular flexibility index (Phi) is 6.64. The molecule has 164 valence electrons. The number of ether oxygens (including phenoxy) is 2. The van der Waals surface area contributed by atoms with Crippen LogP contribution in [0.5, 0.6) is 0 Å². The lowest BCUT2D eigenvalue weighted by Crippen LogP contribution is -2.40. The van der Waals surface area contributed by atoms with Gasteiger partial charge in [-0.1, -0.05) is 6.42 Å². The van der Waals surface area contributed by atoms with Crippen molar-refractivity contribution in [3.8, 4) is 0 Å². The normalized spacial score (nSPS) is 18.6. The second-order valence-corrected chi connectivity index (χ2v) is 8.48. The standard InChI is InChI=1S/C24H34N2O4/c1-4-26(18-8-12-29-13-9-18)21-15-22-20(23(17(21)2)24(27)28-3)14-19(30-22)16-25-10-6-5-7-11-25/h14-15,18H,4-13,16H2,1-3H3. The maximum atomic E-state index is 12.8. The van der Waals surface area contributed by atoms with Crippen LogP contribution in [-0.4, -0.2) is 56.9 Å². The Hall–Kier alpha value is -2.05. The molecule has 30 heavy (non-hydrogen) atoms. The fourth-order valence-electron chi connectivity index (χ4n) is 5.02. The van der Waals surface area contributed by atoms with Crippen LogP contribution in [0.3, 0.4) is 0 Å². The van der Waals surface area contributed by atoms with Gasteiger partial charge in [-0.05, 0) is 64.3 Å². The fourth-order valence-corrected chi connectivity index (χ4v) is 5.02. The SMILES string of the molecule is CCN(c1cc2oc(CN3CCCCC3)cc2c(C(=O)OC)c1C)C1CCOCC1. The number of piperidine rings is 1. The Bertz CT molecular complexity index is 879. The predicted molar refractivity (Wildman–Crippen MR) is 118 cm³/mol. The number of hydrogen-bond donors (Lipinski definition) is 0. The van der Waals surface area contributed by atoms with Crippen LogP contribution in [0, 0.1) is 6.92 Å². The quantitative estimate of drug-likeness (QED) is 0.648. The van der Waals surface area contributed by atoms with Gasteiger partial charge < -0.3 is 18.8 Å². The highest BCUT2D eigenvalue weighted by atomic mass is 16.5. The lowest BCUT2D eigenvalue weighted by Gasteiger charge is -2.36. The highest BCUT2D eigenvalue weighted by Gasteiger charge is 2.27. The van der Waals surface area contributed by atoms with Crippen LogP contribution >= 0.6 is 0 Å². The van der Waals surface area contributed by atoms with Crippen molar-refractivity contribution < 1.29 is 18.7 Å². The minimum atomic E-state index is -0.298. The van der Waals surface area contributed by atoms with Gasteiger partial charge in [-0.3, -0.25) is 4.90 Å². The molecule has 6 nitrogen and oxygen atoms in total. The summed E-state index contributed by atoms with van der Waals surface area (Å²) in [6.07, 6.45) is 5.79. The third-order valence-electron chi connectivity index (χ3n) is 6.61. The molecule has 1 aromatic carbocycles. The Morgan fingerprint density at radius 1 is 1.20 bits per heavy atom. The van der Waals surface area contributed by atoms with Gasteiger partial charge in [0.2, 0.25) is 0 Å². The van der Waals surface area contributed by atoms with Crippen LogP contribution < -0.4 is 4.90 Å². The molecule has 2 aliphatic rings. The van der Waals surface area contributed by atoms with Gasteiger partial charge in [-0.2, -0.15) is 0 Å². The zero-order chi connectivity index (χ0) is 21.1. The van der Waals surface area contributed by atoms with E-state index >= 15 is 0 Å². The fraction of sp³-hybridized carbons (Fsp3) is 0.625. The summed E-state index contributed by atoms with van der Waals surface area (Å²) >= 11 is 0. The van der Waals surface area contributed by atoms with E-state index in [1.54, 1.807) is 0 Å². The van der Waals surface area contributed by atoms with Crippen molar-refractivity contribution in [2.45, 2.75) is 58.5 Å². The summed E-state index contributed by atoms with van der Waals surface area (Å²) in [5.41, 5.74) is 3.43. The van der Waals surface area contributed by atoms with Crippen LogP contribution in [0.25, 0.3) is 11.0 Å². The summed E-state index contributed by atoms with van der Waals surface area (Å²) in [5, 5.41) is 0.859. The predicted octanol–water partition coefficient (Wildman–Crippen LogP) is 4.52. The molecule has 0 radical (unpaired) electrons. The van der Waals surface area contributed by atoms with Crippen molar-refractivity contribution >= 4 is 22.6 Å². The number of carbonyl (C=O) groups excluding carboxylic acids is 1. The second kappa shape index (κ2) is 9.40. The van der Waals surface area contributed by atoms with E-state index in [-0.39, 0.29) is 5.97 Å². The minimum Gasteiger partial charge on any atom is -0.465 e. The molecule has 0 amide bonds. The van der Waals surface area contributed by atoms with Gasteiger partial charge in [0.15, 0.2) is 0 Å². The van der Waals surface area contributed by atoms with Crippen molar-refractivity contribution in [2.75, 3.05) is 44.9 Å². The molecule has 2 fully saturated rings. The van der Waals surface area contributed by atoms with E-state index in [1.165, 1.54) is 26.4 Å². The summed E-state index contributed by atoms with van der Waals surface area (Å²) in [7, 11) is 1.45. The first-order valence-corrected chi connectivity index (χ1v) is 11.3. The summed E-state index contributed by atoms with van der Waals surface area (Å²) in [6, 6.07) is 4.57. The van der Waals surface area contributed by atoms with Crippen LogP contribution in [0.1, 0.15) is 60.7 Å². The van der Waals surface area contributed by atoms with E-state index in [0.717, 1.165) is 80.2 Å². The Balaban J connectivity index is 1.74. The highest BCUT2D eigenvalue weighted by Crippen LogP contribution is 2.36. The molecule has 0 bridgehead atoms. The van der Waals surface area contributed by atoms with Crippen LogP contribution in [0.15, 0.2) is 16.5 Å². The highest BCUT2D eigenvalue weighted by molar-refractivity contribution is 6.07. The number of likely N-dealkylation sites (tertiary alicyclic amines) is 1. The first-order chi connectivity index (χ1) is 14.6. The number of nitrogens with zero attached hydrogens (tertiary/aromatic N) is 2. The van der Waals surface area contributed by atoms with Crippen LogP contribution in [0.2, 0.25) is 0 Å². The topological polar surface area (TPSA) is 55.2 Å². The molecular formula is C24H34N2O4. The number of furan rings is 1. The Labute approximate surface area is 179 Å². The largest absolute Gasteiger partial charge is 0.465 e. The van der Waals surface area contributed by atoms with E-state index in [1.807, 2.05) is 13.0 Å². The van der Waals surface area contributed by atoms with E-state index < -0.39 is 0 Å². The maximum absolute atomic E-state index is 12.8. The van der Waals surface area contributed by atoms with E-state index in [2.05, 4.69) is 22.8 Å². The van der Waals surface area contributed by atoms with Crippen molar-refractivity contribution in [2.24, 2.45) is 0 Å². The van der Waals surface area contributed by atoms with Crippen molar-refractivity contribution in [3.63, 3.8) is 0 Å². The summed E-state index contributed by atoms with van der Waals surface area (Å²) in [6.45, 7) is 9.65. The summed E-state index contributed by atoms with van der Waals surface area (Å²) in [5.74, 6) is 0.621. The molecule has 4 rings (SSSR count). The van der Waals surface area contributed by atoms with Gasteiger partial charge >= 0.3 is 5.97 Å². The molecule has 3 heterocycles. The number of rotatable bonds is 6. The summed E-state index contributed by atoms with van der Waals surface area (Å²) < 4.78 is 17.0. The summed E-state index contributed by atoms with van der Waals surface area (Å²) in [4.78, 5) is 17.6. The molecule has 6 heteroatoms. The number of methoxy groups -OCH3 is 1. The van der Waals surface area contributed by atoms with Crippen LogP contribution in [-0.2, 0) is 16.0 Å². The van der Waals surface area contributed by atoms with E-state index in [9.17, 15) is 4.79 Å². The molecule has 2 aromatic rings. The molecule has 1 aromatic heterocycles. The molecular weight excluding hydrogens is 380 g/mol. The zero-order valence-electron chi connectivity index (χ0n) is 18.5. The number of anilines is 1. The number of hydrogen-bond acceptors (Lipinski definition) is 6. The van der Waals surface area contributed by atoms with E-state index in [0.29, 0.717) is 11.6 Å². The van der Waals surface area contributed by atoms with Gasteiger partial charge in [0.05, 0.1) is 19.2 Å². The molecule has 2 aliphatic heterocycles. The van der Waals surface area contributed by atoms with Gasteiger partial charge in [-0.15, -0.1) is 0 Å².